The summed E-state index contributed by atoms with van der Waals surface area (Å²) in [7, 11) is 4.41. The van der Waals surface area contributed by atoms with Crippen LogP contribution in [0.15, 0.2) is 24.0 Å². The Bertz CT molecular complexity index is 1000. The Morgan fingerprint density at radius 3 is 2.79 bits per heavy atom. The molecule has 0 aromatic heterocycles. The first-order chi connectivity index (χ1) is 16.5. The zero-order chi connectivity index (χ0) is 24.1. The minimum atomic E-state index is -0.932. The number of esters is 1. The van der Waals surface area contributed by atoms with E-state index in [1.807, 2.05) is 0 Å². The lowest BCUT2D eigenvalue weighted by molar-refractivity contribution is -0.297. The van der Waals surface area contributed by atoms with E-state index in [0.717, 1.165) is 25.2 Å². The monoisotopic (exact) mass is 476 g/mol. The number of ether oxygens (including phenoxy) is 5. The van der Waals surface area contributed by atoms with Gasteiger partial charge < -0.3 is 29.0 Å². The molecule has 0 amide bonds. The molecular formula is C25H33FN2O6. The lowest BCUT2D eigenvalue weighted by Crippen LogP contribution is -2.75. The van der Waals surface area contributed by atoms with Crippen molar-refractivity contribution < 1.29 is 32.9 Å². The maximum atomic E-state index is 14.8. The van der Waals surface area contributed by atoms with Crippen molar-refractivity contribution in [3.63, 3.8) is 0 Å². The summed E-state index contributed by atoms with van der Waals surface area (Å²) in [4.78, 5) is 15.1. The molecule has 9 heteroatoms. The number of hydrogen-bond acceptors (Lipinski definition) is 8. The second kappa shape index (κ2) is 8.70. The van der Waals surface area contributed by atoms with Crippen LogP contribution in [-0.4, -0.2) is 70.3 Å². The maximum Gasteiger partial charge on any atom is 0.337 e. The summed E-state index contributed by atoms with van der Waals surface area (Å²) in [6.45, 7) is 4.53. The second-order valence-electron chi connectivity index (χ2n) is 9.46. The molecule has 4 heterocycles. The van der Waals surface area contributed by atoms with E-state index in [0.29, 0.717) is 37.2 Å². The van der Waals surface area contributed by atoms with Gasteiger partial charge in [-0.3, -0.25) is 4.90 Å². The van der Waals surface area contributed by atoms with Gasteiger partial charge in [0.1, 0.15) is 5.60 Å². The quantitative estimate of drug-likeness (QED) is 0.395. The highest BCUT2D eigenvalue weighted by Gasteiger charge is 2.70. The molecule has 186 valence electrons. The summed E-state index contributed by atoms with van der Waals surface area (Å²) in [5, 5.41) is 3.61. The molecule has 3 fully saturated rings. The molecular weight excluding hydrogens is 443 g/mol. The van der Waals surface area contributed by atoms with Gasteiger partial charge in [0.05, 0.1) is 58.0 Å². The van der Waals surface area contributed by atoms with E-state index >= 15 is 0 Å². The number of anilines is 1. The molecule has 1 N–H and O–H groups in total. The van der Waals surface area contributed by atoms with E-state index in [4.69, 9.17) is 23.7 Å². The summed E-state index contributed by atoms with van der Waals surface area (Å²) < 4.78 is 43.9. The summed E-state index contributed by atoms with van der Waals surface area (Å²) in [6, 6.07) is 3.02. The Balaban J connectivity index is 1.61. The first-order valence-corrected chi connectivity index (χ1v) is 11.9. The van der Waals surface area contributed by atoms with Gasteiger partial charge in [0.25, 0.3) is 0 Å². The molecule has 5 atom stereocenters. The van der Waals surface area contributed by atoms with Crippen LogP contribution < -0.4 is 10.1 Å². The molecule has 4 aliphatic heterocycles. The normalized spacial score (nSPS) is 34.7. The number of nitrogens with zero attached hydrogens (tertiary/aromatic N) is 1. The number of rotatable bonds is 5. The molecule has 4 aliphatic rings. The van der Waals surface area contributed by atoms with Crippen molar-refractivity contribution >= 4 is 11.7 Å². The van der Waals surface area contributed by atoms with Gasteiger partial charge in [0.2, 0.25) is 0 Å². The van der Waals surface area contributed by atoms with E-state index in [-0.39, 0.29) is 29.6 Å². The zero-order valence-corrected chi connectivity index (χ0v) is 20.2. The minimum absolute atomic E-state index is 0.0847. The summed E-state index contributed by atoms with van der Waals surface area (Å²) in [6.07, 6.45) is 3.70. The summed E-state index contributed by atoms with van der Waals surface area (Å²) in [5.74, 6) is -0.447. The first kappa shape index (κ1) is 23.4. The van der Waals surface area contributed by atoms with Gasteiger partial charge >= 0.3 is 5.97 Å². The molecule has 0 aliphatic carbocycles. The third-order valence-electron chi connectivity index (χ3n) is 8.17. The van der Waals surface area contributed by atoms with Crippen molar-refractivity contribution in [2.24, 2.45) is 11.8 Å². The highest BCUT2D eigenvalue weighted by atomic mass is 19.1. The van der Waals surface area contributed by atoms with E-state index < -0.39 is 17.1 Å². The number of carbonyl (C=O) groups excluding carboxylic acids is 1. The van der Waals surface area contributed by atoms with Crippen LogP contribution in [0.1, 0.15) is 31.7 Å². The number of piperidine rings is 2. The van der Waals surface area contributed by atoms with Gasteiger partial charge in [-0.15, -0.1) is 0 Å². The van der Waals surface area contributed by atoms with Crippen molar-refractivity contribution in [3.8, 4) is 5.75 Å². The van der Waals surface area contributed by atoms with Gasteiger partial charge in [-0.1, -0.05) is 13.3 Å². The predicted molar refractivity (Wildman–Crippen MR) is 122 cm³/mol. The SMILES string of the molecule is CC[C@@H]1CN2CC[C@@]34OCCO[C@@]3(Nc3ccc(F)c(OC)c34)[C@@H]2C[C@@H]1C(=COC)C(=O)OC. The van der Waals surface area contributed by atoms with Crippen LogP contribution in [0.2, 0.25) is 0 Å². The van der Waals surface area contributed by atoms with Crippen LogP contribution in [0.25, 0.3) is 0 Å². The summed E-state index contributed by atoms with van der Waals surface area (Å²) in [5.41, 5.74) is 0.147. The standard InChI is InChI=1S/C25H33FN2O6/c1-5-15-13-28-9-8-24-21-19(7-6-18(26)22(21)31-3)27-25(24,34-11-10-33-24)20(28)12-16(15)17(14-30-2)23(29)32-4/h6-7,14-16,20,27H,5,8-13H2,1-4H3/t15-,16+,20+,24+,25+/m1/s1. The average Bonchev–Trinajstić information content (AvgIpc) is 3.18. The van der Waals surface area contributed by atoms with Crippen LogP contribution in [0.4, 0.5) is 10.1 Å². The Morgan fingerprint density at radius 2 is 2.09 bits per heavy atom. The largest absolute Gasteiger partial charge is 0.504 e. The molecule has 0 unspecified atom stereocenters. The molecule has 0 saturated carbocycles. The molecule has 0 radical (unpaired) electrons. The van der Waals surface area contributed by atoms with Crippen LogP contribution in [-0.2, 0) is 29.3 Å². The topological polar surface area (TPSA) is 78.5 Å². The molecule has 34 heavy (non-hydrogen) atoms. The van der Waals surface area contributed by atoms with Crippen LogP contribution in [0.5, 0.6) is 5.75 Å². The van der Waals surface area contributed by atoms with Crippen molar-refractivity contribution in [3.05, 3.63) is 35.3 Å². The van der Waals surface area contributed by atoms with Gasteiger partial charge in [-0.2, -0.15) is 0 Å². The zero-order valence-electron chi connectivity index (χ0n) is 20.2. The van der Waals surface area contributed by atoms with E-state index in [2.05, 4.69) is 17.1 Å². The number of fused-ring (bicyclic) bond motifs is 2. The third kappa shape index (κ3) is 3.09. The van der Waals surface area contributed by atoms with Crippen molar-refractivity contribution in [2.45, 2.75) is 43.6 Å². The Hall–Kier alpha value is -2.36. The Kier molecular flexibility index (Phi) is 5.98. The molecule has 5 rings (SSSR count). The lowest BCUT2D eigenvalue weighted by atomic mass is 9.67. The number of methoxy groups -OCH3 is 3. The minimum Gasteiger partial charge on any atom is -0.504 e. The fourth-order valence-electron chi connectivity index (χ4n) is 6.77. The fraction of sp³-hybridized carbons (Fsp3) is 0.640. The number of nitrogens with one attached hydrogen (secondary N) is 1. The second-order valence-corrected chi connectivity index (χ2v) is 9.46. The van der Waals surface area contributed by atoms with Gasteiger partial charge in [0, 0.05) is 18.8 Å². The van der Waals surface area contributed by atoms with Crippen LogP contribution in [0.3, 0.4) is 0 Å². The Labute approximate surface area is 199 Å². The average molecular weight is 477 g/mol. The molecule has 1 aromatic rings. The van der Waals surface area contributed by atoms with Gasteiger partial charge in [-0.25, -0.2) is 9.18 Å². The van der Waals surface area contributed by atoms with Gasteiger partial charge in [-0.05, 0) is 36.8 Å². The van der Waals surface area contributed by atoms with Crippen molar-refractivity contribution in [1.29, 1.82) is 0 Å². The Morgan fingerprint density at radius 1 is 1.29 bits per heavy atom. The fourth-order valence-corrected chi connectivity index (χ4v) is 6.77. The van der Waals surface area contributed by atoms with Crippen molar-refractivity contribution in [1.82, 2.24) is 4.90 Å². The molecule has 0 spiro atoms. The van der Waals surface area contributed by atoms with E-state index in [1.165, 1.54) is 33.7 Å². The third-order valence-corrected chi connectivity index (χ3v) is 8.17. The maximum absolute atomic E-state index is 14.8. The molecule has 1 aromatic carbocycles. The number of carbonyl (C=O) groups is 1. The lowest BCUT2D eigenvalue weighted by Gasteiger charge is -2.61. The van der Waals surface area contributed by atoms with E-state index in [9.17, 15) is 9.18 Å². The van der Waals surface area contributed by atoms with Gasteiger partial charge in [0.15, 0.2) is 17.3 Å². The highest BCUT2D eigenvalue weighted by molar-refractivity contribution is 5.88. The summed E-state index contributed by atoms with van der Waals surface area (Å²) >= 11 is 0. The number of halogens is 1. The number of benzene rings is 1. The number of hydrogen-bond donors (Lipinski definition) is 1. The van der Waals surface area contributed by atoms with E-state index in [1.54, 1.807) is 6.07 Å². The highest BCUT2D eigenvalue weighted by Crippen LogP contribution is 2.62. The van der Waals surface area contributed by atoms with Crippen molar-refractivity contribution in [2.75, 3.05) is 52.9 Å². The molecule has 0 bridgehead atoms. The smallest absolute Gasteiger partial charge is 0.337 e. The van der Waals surface area contributed by atoms with Crippen LogP contribution in [0, 0.1) is 17.7 Å². The first-order valence-electron chi connectivity index (χ1n) is 11.9. The molecule has 8 nitrogen and oxygen atoms in total. The molecule has 3 saturated heterocycles. The predicted octanol–water partition coefficient (Wildman–Crippen LogP) is 3.02. The van der Waals surface area contributed by atoms with Crippen LogP contribution >= 0.6 is 0 Å².